The zero-order chi connectivity index (χ0) is 12.2. The van der Waals surface area contributed by atoms with Gasteiger partial charge in [0.1, 0.15) is 18.1 Å². The average molecular weight is 237 g/mol. The van der Waals surface area contributed by atoms with Crippen molar-refractivity contribution >= 4 is 0 Å². The van der Waals surface area contributed by atoms with Gasteiger partial charge in [-0.25, -0.2) is 0 Å². The molecule has 1 atom stereocenters. The Hall–Kier alpha value is -1.01. The van der Waals surface area contributed by atoms with Gasteiger partial charge >= 0.3 is 6.18 Å². The molecule has 0 aliphatic heterocycles. The minimum Gasteiger partial charge on any atom is -0.462 e. The Morgan fingerprint density at radius 2 is 2.12 bits per heavy atom. The zero-order valence-electron chi connectivity index (χ0n) is 9.10. The van der Waals surface area contributed by atoms with E-state index in [-0.39, 0.29) is 12.4 Å². The van der Waals surface area contributed by atoms with E-state index in [0.717, 1.165) is 0 Å². The van der Waals surface area contributed by atoms with Crippen LogP contribution >= 0.6 is 0 Å². The van der Waals surface area contributed by atoms with E-state index in [4.69, 9.17) is 9.15 Å². The minimum absolute atomic E-state index is 0.252. The Labute approximate surface area is 91.6 Å². The highest BCUT2D eigenvalue weighted by Crippen LogP contribution is 2.30. The first kappa shape index (κ1) is 13.1. The van der Waals surface area contributed by atoms with Crippen molar-refractivity contribution in [1.82, 2.24) is 5.32 Å². The van der Waals surface area contributed by atoms with Gasteiger partial charge in [-0.05, 0) is 19.2 Å². The van der Waals surface area contributed by atoms with Crippen molar-refractivity contribution in [2.24, 2.45) is 0 Å². The molecule has 1 heterocycles. The molecule has 92 valence electrons. The maximum absolute atomic E-state index is 12.2. The number of alkyl halides is 3. The SMILES string of the molecule is CNC(CC(F)(F)F)c1ccc(COC)o1. The molecular formula is C10H14F3NO2. The Kier molecular flexibility index (Phi) is 4.37. The van der Waals surface area contributed by atoms with Crippen molar-refractivity contribution < 1.29 is 22.3 Å². The molecule has 6 heteroatoms. The van der Waals surface area contributed by atoms with Crippen LogP contribution in [0.3, 0.4) is 0 Å². The van der Waals surface area contributed by atoms with Gasteiger partial charge in [0, 0.05) is 7.11 Å². The third-order valence-electron chi connectivity index (χ3n) is 2.10. The molecule has 0 aromatic carbocycles. The van der Waals surface area contributed by atoms with Crippen LogP contribution in [-0.4, -0.2) is 20.3 Å². The molecule has 0 radical (unpaired) electrons. The van der Waals surface area contributed by atoms with E-state index in [0.29, 0.717) is 5.76 Å². The van der Waals surface area contributed by atoms with Crippen molar-refractivity contribution in [1.29, 1.82) is 0 Å². The molecule has 0 bridgehead atoms. The second-order valence-electron chi connectivity index (χ2n) is 3.40. The van der Waals surface area contributed by atoms with Crippen LogP contribution in [0.15, 0.2) is 16.5 Å². The average Bonchev–Trinajstić information content (AvgIpc) is 2.62. The summed E-state index contributed by atoms with van der Waals surface area (Å²) in [5.74, 6) is 0.784. The number of furan rings is 1. The van der Waals surface area contributed by atoms with Crippen LogP contribution in [0.1, 0.15) is 24.0 Å². The molecular weight excluding hydrogens is 223 g/mol. The van der Waals surface area contributed by atoms with Gasteiger partial charge in [0.2, 0.25) is 0 Å². The molecule has 1 unspecified atom stereocenters. The Bertz CT molecular complexity index is 322. The molecule has 0 saturated carbocycles. The standard InChI is InChI=1S/C10H14F3NO2/c1-14-8(5-10(11,12)13)9-4-3-7(16-9)6-15-2/h3-4,8,14H,5-6H2,1-2H3. The van der Waals surface area contributed by atoms with Crippen molar-refractivity contribution in [2.75, 3.05) is 14.2 Å². The lowest BCUT2D eigenvalue weighted by Gasteiger charge is -2.15. The third-order valence-corrected chi connectivity index (χ3v) is 2.10. The summed E-state index contributed by atoms with van der Waals surface area (Å²) < 4.78 is 46.7. The number of rotatable bonds is 5. The molecule has 0 aliphatic carbocycles. The summed E-state index contributed by atoms with van der Waals surface area (Å²) in [4.78, 5) is 0. The Balaban J connectivity index is 2.71. The molecule has 0 aliphatic rings. The van der Waals surface area contributed by atoms with E-state index < -0.39 is 18.6 Å². The van der Waals surface area contributed by atoms with E-state index >= 15 is 0 Å². The van der Waals surface area contributed by atoms with Gasteiger partial charge in [-0.1, -0.05) is 0 Å². The number of nitrogens with one attached hydrogen (secondary N) is 1. The summed E-state index contributed by atoms with van der Waals surface area (Å²) >= 11 is 0. The van der Waals surface area contributed by atoms with Gasteiger partial charge in [0.25, 0.3) is 0 Å². The summed E-state index contributed by atoms with van der Waals surface area (Å²) in [7, 11) is 2.96. The number of methoxy groups -OCH3 is 1. The van der Waals surface area contributed by atoms with Gasteiger partial charge in [-0.15, -0.1) is 0 Å². The number of hydrogen-bond donors (Lipinski definition) is 1. The fourth-order valence-electron chi connectivity index (χ4n) is 1.38. The van der Waals surface area contributed by atoms with Crippen LogP contribution < -0.4 is 5.32 Å². The normalized spacial score (nSPS) is 14.1. The predicted molar refractivity (Wildman–Crippen MR) is 51.9 cm³/mol. The minimum atomic E-state index is -4.22. The molecule has 3 nitrogen and oxygen atoms in total. The van der Waals surface area contributed by atoms with E-state index in [1.54, 1.807) is 6.07 Å². The quantitative estimate of drug-likeness (QED) is 0.854. The number of ether oxygens (including phenoxy) is 1. The lowest BCUT2D eigenvalue weighted by atomic mass is 10.1. The Morgan fingerprint density at radius 3 is 2.62 bits per heavy atom. The summed E-state index contributed by atoms with van der Waals surface area (Å²) in [6.07, 6.45) is -5.18. The topological polar surface area (TPSA) is 34.4 Å². The molecule has 1 N–H and O–H groups in total. The molecule has 0 amide bonds. The summed E-state index contributed by atoms with van der Waals surface area (Å²) in [6, 6.07) is 2.28. The van der Waals surface area contributed by atoms with E-state index in [1.807, 2.05) is 0 Å². The van der Waals surface area contributed by atoms with E-state index in [1.165, 1.54) is 20.2 Å². The first-order valence-electron chi connectivity index (χ1n) is 4.78. The van der Waals surface area contributed by atoms with Gasteiger partial charge in [-0.2, -0.15) is 13.2 Å². The van der Waals surface area contributed by atoms with E-state index in [2.05, 4.69) is 5.32 Å². The van der Waals surface area contributed by atoms with Gasteiger partial charge in [0.15, 0.2) is 0 Å². The highest BCUT2D eigenvalue weighted by atomic mass is 19.4. The van der Waals surface area contributed by atoms with Crippen LogP contribution in [0, 0.1) is 0 Å². The lowest BCUT2D eigenvalue weighted by Crippen LogP contribution is -2.23. The molecule has 0 fully saturated rings. The lowest BCUT2D eigenvalue weighted by molar-refractivity contribution is -0.141. The van der Waals surface area contributed by atoms with Crippen LogP contribution in [0.2, 0.25) is 0 Å². The highest BCUT2D eigenvalue weighted by molar-refractivity contribution is 5.10. The van der Waals surface area contributed by atoms with Crippen LogP contribution in [0.5, 0.6) is 0 Å². The molecule has 0 spiro atoms. The van der Waals surface area contributed by atoms with Crippen LogP contribution in [0.4, 0.5) is 13.2 Å². The third kappa shape index (κ3) is 3.86. The smallest absolute Gasteiger partial charge is 0.391 e. The first-order chi connectivity index (χ1) is 7.46. The second kappa shape index (κ2) is 5.36. The molecule has 0 saturated heterocycles. The van der Waals surface area contributed by atoms with Crippen molar-refractivity contribution in [3.63, 3.8) is 0 Å². The van der Waals surface area contributed by atoms with E-state index in [9.17, 15) is 13.2 Å². The predicted octanol–water partition coefficient (Wildman–Crippen LogP) is 2.64. The summed E-state index contributed by atoms with van der Waals surface area (Å²) in [6.45, 7) is 0.252. The maximum Gasteiger partial charge on any atom is 0.391 e. The zero-order valence-corrected chi connectivity index (χ0v) is 9.10. The summed E-state index contributed by atoms with van der Waals surface area (Å²) in [5, 5.41) is 2.58. The molecule has 1 aromatic heterocycles. The first-order valence-corrected chi connectivity index (χ1v) is 4.78. The van der Waals surface area contributed by atoms with Gasteiger partial charge in [-0.3, -0.25) is 0 Å². The van der Waals surface area contributed by atoms with Crippen LogP contribution in [0.25, 0.3) is 0 Å². The fourth-order valence-corrected chi connectivity index (χ4v) is 1.38. The van der Waals surface area contributed by atoms with Gasteiger partial charge < -0.3 is 14.5 Å². The second-order valence-corrected chi connectivity index (χ2v) is 3.40. The largest absolute Gasteiger partial charge is 0.462 e. The monoisotopic (exact) mass is 237 g/mol. The number of halogens is 3. The van der Waals surface area contributed by atoms with Crippen molar-refractivity contribution in [2.45, 2.75) is 25.2 Å². The van der Waals surface area contributed by atoms with Crippen molar-refractivity contribution in [3.05, 3.63) is 23.7 Å². The fraction of sp³-hybridized carbons (Fsp3) is 0.600. The van der Waals surface area contributed by atoms with Crippen molar-refractivity contribution in [3.8, 4) is 0 Å². The highest BCUT2D eigenvalue weighted by Gasteiger charge is 2.33. The Morgan fingerprint density at radius 1 is 1.44 bits per heavy atom. The molecule has 16 heavy (non-hydrogen) atoms. The molecule has 1 aromatic rings. The molecule has 1 rings (SSSR count). The summed E-state index contributed by atoms with van der Waals surface area (Å²) in [5.41, 5.74) is 0. The maximum atomic E-state index is 12.2. The van der Waals surface area contributed by atoms with Gasteiger partial charge in [0.05, 0.1) is 12.5 Å². The number of hydrogen-bond acceptors (Lipinski definition) is 3. The van der Waals surface area contributed by atoms with Crippen LogP contribution in [-0.2, 0) is 11.3 Å².